The normalized spacial score (nSPS) is 11.4. The number of aryl methyl sites for hydroxylation is 1. The second-order valence-corrected chi connectivity index (χ2v) is 2.34. The van der Waals surface area contributed by atoms with E-state index in [1.54, 1.807) is 5.32 Å². The standard InChI is InChI=1S/C6H6F3N3O/c1-12-3-10-2-4(12)11-5(13)6(7,8)9/h2-3H,1H3,(H,11,13). The van der Waals surface area contributed by atoms with Crippen LogP contribution in [0.2, 0.25) is 0 Å². The average molecular weight is 193 g/mol. The number of nitrogens with zero attached hydrogens (tertiary/aromatic N) is 2. The summed E-state index contributed by atoms with van der Waals surface area (Å²) >= 11 is 0. The van der Waals surface area contributed by atoms with Crippen LogP contribution in [0.25, 0.3) is 0 Å². The monoisotopic (exact) mass is 193 g/mol. The highest BCUT2D eigenvalue weighted by Crippen LogP contribution is 2.17. The van der Waals surface area contributed by atoms with E-state index >= 15 is 0 Å². The fourth-order valence-electron chi connectivity index (χ4n) is 0.665. The number of hydrogen-bond donors (Lipinski definition) is 1. The van der Waals surface area contributed by atoms with Gasteiger partial charge in [-0.3, -0.25) is 4.79 Å². The lowest BCUT2D eigenvalue weighted by Crippen LogP contribution is -2.30. The topological polar surface area (TPSA) is 46.9 Å². The van der Waals surface area contributed by atoms with Crippen LogP contribution in [-0.2, 0) is 11.8 Å². The Hall–Kier alpha value is -1.53. The predicted octanol–water partition coefficient (Wildman–Crippen LogP) is 0.921. The molecule has 1 N–H and O–H groups in total. The quantitative estimate of drug-likeness (QED) is 0.720. The van der Waals surface area contributed by atoms with Gasteiger partial charge in [0.25, 0.3) is 0 Å². The van der Waals surface area contributed by atoms with Crippen LogP contribution in [0.5, 0.6) is 0 Å². The molecule has 1 aromatic heterocycles. The molecule has 0 bridgehead atoms. The summed E-state index contributed by atoms with van der Waals surface area (Å²) in [4.78, 5) is 13.9. The summed E-state index contributed by atoms with van der Waals surface area (Å²) in [6.07, 6.45) is -2.46. The van der Waals surface area contributed by atoms with Crippen LogP contribution < -0.4 is 5.32 Å². The van der Waals surface area contributed by atoms with Gasteiger partial charge < -0.3 is 9.88 Å². The molecule has 0 atom stereocenters. The van der Waals surface area contributed by atoms with Crippen molar-refractivity contribution in [3.05, 3.63) is 12.5 Å². The van der Waals surface area contributed by atoms with Crippen molar-refractivity contribution in [3.63, 3.8) is 0 Å². The maximum atomic E-state index is 11.7. The summed E-state index contributed by atoms with van der Waals surface area (Å²) in [6, 6.07) is 0. The van der Waals surface area contributed by atoms with E-state index in [0.717, 1.165) is 6.20 Å². The molecule has 1 aromatic rings. The first kappa shape index (κ1) is 9.56. The molecule has 0 aliphatic heterocycles. The average Bonchev–Trinajstić information content (AvgIpc) is 2.34. The van der Waals surface area contributed by atoms with Crippen LogP contribution >= 0.6 is 0 Å². The van der Waals surface area contributed by atoms with Crippen molar-refractivity contribution in [1.82, 2.24) is 9.55 Å². The second-order valence-electron chi connectivity index (χ2n) is 2.34. The molecular weight excluding hydrogens is 187 g/mol. The first-order chi connectivity index (χ1) is 5.91. The predicted molar refractivity (Wildman–Crippen MR) is 37.9 cm³/mol. The van der Waals surface area contributed by atoms with Gasteiger partial charge in [-0.25, -0.2) is 4.98 Å². The zero-order chi connectivity index (χ0) is 10.1. The van der Waals surface area contributed by atoms with Gasteiger partial charge in [0.2, 0.25) is 0 Å². The van der Waals surface area contributed by atoms with Crippen molar-refractivity contribution in [2.24, 2.45) is 7.05 Å². The van der Waals surface area contributed by atoms with E-state index < -0.39 is 12.1 Å². The Morgan fingerprint density at radius 3 is 2.62 bits per heavy atom. The van der Waals surface area contributed by atoms with E-state index in [0.29, 0.717) is 0 Å². The number of anilines is 1. The summed E-state index contributed by atoms with van der Waals surface area (Å²) in [5, 5.41) is 1.67. The minimum Gasteiger partial charge on any atom is -0.320 e. The molecule has 0 radical (unpaired) electrons. The minimum absolute atomic E-state index is 0.00215. The number of halogens is 3. The molecule has 0 aliphatic rings. The third-order valence-corrected chi connectivity index (χ3v) is 1.32. The summed E-state index contributed by atoms with van der Waals surface area (Å²) < 4.78 is 36.5. The van der Waals surface area contributed by atoms with E-state index in [9.17, 15) is 18.0 Å². The minimum atomic E-state index is -4.87. The SMILES string of the molecule is Cn1cncc1NC(=O)C(F)(F)F. The van der Waals surface area contributed by atoms with E-state index in [1.165, 1.54) is 17.9 Å². The van der Waals surface area contributed by atoms with E-state index in [1.807, 2.05) is 0 Å². The highest BCUT2D eigenvalue weighted by molar-refractivity contribution is 5.94. The Morgan fingerprint density at radius 2 is 2.23 bits per heavy atom. The fourth-order valence-corrected chi connectivity index (χ4v) is 0.665. The number of carbonyl (C=O) groups is 1. The maximum absolute atomic E-state index is 11.7. The smallest absolute Gasteiger partial charge is 0.320 e. The van der Waals surface area contributed by atoms with Crippen molar-refractivity contribution in [2.45, 2.75) is 6.18 Å². The number of imidazole rings is 1. The van der Waals surface area contributed by atoms with Crippen LogP contribution in [0.15, 0.2) is 12.5 Å². The van der Waals surface area contributed by atoms with Gasteiger partial charge in [-0.15, -0.1) is 0 Å². The number of rotatable bonds is 1. The van der Waals surface area contributed by atoms with Gasteiger partial charge in [0.15, 0.2) is 0 Å². The van der Waals surface area contributed by atoms with E-state index in [4.69, 9.17) is 0 Å². The largest absolute Gasteiger partial charge is 0.471 e. The Kier molecular flexibility index (Phi) is 2.26. The Balaban J connectivity index is 2.71. The van der Waals surface area contributed by atoms with Crippen molar-refractivity contribution < 1.29 is 18.0 Å². The first-order valence-electron chi connectivity index (χ1n) is 3.26. The van der Waals surface area contributed by atoms with Crippen molar-refractivity contribution in [2.75, 3.05) is 5.32 Å². The molecule has 72 valence electrons. The fraction of sp³-hybridized carbons (Fsp3) is 0.333. The lowest BCUT2D eigenvalue weighted by atomic mass is 10.5. The van der Waals surface area contributed by atoms with Gasteiger partial charge in [0.1, 0.15) is 5.82 Å². The van der Waals surface area contributed by atoms with E-state index in [-0.39, 0.29) is 5.82 Å². The Morgan fingerprint density at radius 1 is 1.62 bits per heavy atom. The number of aromatic nitrogens is 2. The van der Waals surface area contributed by atoms with Gasteiger partial charge in [0, 0.05) is 7.05 Å². The number of nitrogens with one attached hydrogen (secondary N) is 1. The molecule has 0 spiro atoms. The molecule has 0 saturated heterocycles. The molecule has 0 fully saturated rings. The van der Waals surface area contributed by atoms with Gasteiger partial charge >= 0.3 is 12.1 Å². The summed E-state index contributed by atoms with van der Waals surface area (Å²) in [5.74, 6) is -2.00. The molecular formula is C6H6F3N3O. The molecule has 0 unspecified atom stereocenters. The van der Waals surface area contributed by atoms with E-state index in [2.05, 4.69) is 4.98 Å². The third kappa shape index (κ3) is 2.20. The van der Waals surface area contributed by atoms with Crippen LogP contribution in [0.4, 0.5) is 19.0 Å². The Bertz CT molecular complexity index is 317. The lowest BCUT2D eigenvalue weighted by Gasteiger charge is -2.07. The molecule has 4 nitrogen and oxygen atoms in total. The van der Waals surface area contributed by atoms with Crippen molar-refractivity contribution in [3.8, 4) is 0 Å². The molecule has 7 heteroatoms. The lowest BCUT2D eigenvalue weighted by molar-refractivity contribution is -0.167. The van der Waals surface area contributed by atoms with Gasteiger partial charge in [0.05, 0.1) is 12.5 Å². The molecule has 13 heavy (non-hydrogen) atoms. The molecule has 1 amide bonds. The number of carbonyl (C=O) groups excluding carboxylic acids is 1. The number of hydrogen-bond acceptors (Lipinski definition) is 2. The number of amides is 1. The van der Waals surface area contributed by atoms with Crippen LogP contribution in [0, 0.1) is 0 Å². The molecule has 1 rings (SSSR count). The van der Waals surface area contributed by atoms with Gasteiger partial charge in [-0.05, 0) is 0 Å². The third-order valence-electron chi connectivity index (χ3n) is 1.32. The van der Waals surface area contributed by atoms with Crippen LogP contribution in [0.3, 0.4) is 0 Å². The van der Waals surface area contributed by atoms with Crippen molar-refractivity contribution in [1.29, 1.82) is 0 Å². The summed E-state index contributed by atoms with van der Waals surface area (Å²) in [7, 11) is 1.47. The molecule has 0 aromatic carbocycles. The molecule has 0 saturated carbocycles. The van der Waals surface area contributed by atoms with Gasteiger partial charge in [-0.1, -0.05) is 0 Å². The molecule has 1 heterocycles. The van der Waals surface area contributed by atoms with Gasteiger partial charge in [-0.2, -0.15) is 13.2 Å². The highest BCUT2D eigenvalue weighted by Gasteiger charge is 2.39. The summed E-state index contributed by atoms with van der Waals surface area (Å²) in [6.45, 7) is 0. The summed E-state index contributed by atoms with van der Waals surface area (Å²) in [5.41, 5.74) is 0. The maximum Gasteiger partial charge on any atom is 0.471 e. The highest BCUT2D eigenvalue weighted by atomic mass is 19.4. The molecule has 0 aliphatic carbocycles. The second kappa shape index (κ2) is 3.08. The zero-order valence-electron chi connectivity index (χ0n) is 6.59. The zero-order valence-corrected chi connectivity index (χ0v) is 6.59. The Labute approximate surface area is 71.4 Å². The van der Waals surface area contributed by atoms with Crippen LogP contribution in [-0.4, -0.2) is 21.6 Å². The van der Waals surface area contributed by atoms with Crippen LogP contribution in [0.1, 0.15) is 0 Å². The first-order valence-corrected chi connectivity index (χ1v) is 3.26. The van der Waals surface area contributed by atoms with Crippen molar-refractivity contribution >= 4 is 11.7 Å². The number of alkyl halides is 3.